The third kappa shape index (κ3) is 3.14. The van der Waals surface area contributed by atoms with Crippen molar-refractivity contribution in [3.63, 3.8) is 0 Å². The number of amides is 1. The molecule has 1 saturated heterocycles. The Labute approximate surface area is 123 Å². The lowest BCUT2D eigenvalue weighted by Crippen LogP contribution is -2.44. The molecule has 0 aliphatic carbocycles. The second-order valence-electron chi connectivity index (χ2n) is 5.42. The van der Waals surface area contributed by atoms with Crippen molar-refractivity contribution in [3.8, 4) is 0 Å². The summed E-state index contributed by atoms with van der Waals surface area (Å²) in [6, 6.07) is -0.517. The van der Waals surface area contributed by atoms with Crippen LogP contribution in [0.25, 0.3) is 0 Å². The molecule has 1 aliphatic heterocycles. The molecular weight excluding hydrogens is 274 g/mol. The third-order valence-electron chi connectivity index (χ3n) is 3.76. The zero-order valence-electron chi connectivity index (χ0n) is 12.6. The minimum atomic E-state index is -0.517. The SMILES string of the molecule is Cc1nn(C)c(NC(C)C(=O)N2CCCCC2)c1[N+](=O)[O-]. The van der Waals surface area contributed by atoms with Gasteiger partial charge in [-0.3, -0.25) is 14.9 Å². The molecule has 1 fully saturated rings. The summed E-state index contributed by atoms with van der Waals surface area (Å²) in [5.41, 5.74) is 0.262. The standard InChI is InChI=1S/C13H21N5O3/c1-9-11(18(20)21)12(16(3)15-9)14-10(2)13(19)17-7-5-4-6-8-17/h10,14H,4-8H2,1-3H3. The third-order valence-corrected chi connectivity index (χ3v) is 3.76. The van der Waals surface area contributed by atoms with Crippen LogP contribution in [-0.2, 0) is 11.8 Å². The smallest absolute Gasteiger partial charge is 0.333 e. The first-order valence-corrected chi connectivity index (χ1v) is 7.15. The molecule has 8 heteroatoms. The molecule has 1 aromatic heterocycles. The van der Waals surface area contributed by atoms with E-state index in [1.807, 2.05) is 4.90 Å². The summed E-state index contributed by atoms with van der Waals surface area (Å²) >= 11 is 0. The van der Waals surface area contributed by atoms with Gasteiger partial charge < -0.3 is 10.2 Å². The lowest BCUT2D eigenvalue weighted by atomic mass is 10.1. The van der Waals surface area contributed by atoms with Crippen LogP contribution >= 0.6 is 0 Å². The molecule has 116 valence electrons. The second-order valence-corrected chi connectivity index (χ2v) is 5.42. The minimum Gasteiger partial charge on any atom is -0.353 e. The van der Waals surface area contributed by atoms with Gasteiger partial charge in [0.05, 0.1) is 4.92 Å². The average Bonchev–Trinajstić information content (AvgIpc) is 2.73. The summed E-state index contributed by atoms with van der Waals surface area (Å²) < 4.78 is 1.41. The summed E-state index contributed by atoms with van der Waals surface area (Å²) in [6.07, 6.45) is 3.19. The van der Waals surface area contributed by atoms with Crippen LogP contribution in [-0.4, -0.2) is 44.6 Å². The summed E-state index contributed by atoms with van der Waals surface area (Å²) in [4.78, 5) is 24.8. The van der Waals surface area contributed by atoms with Crippen LogP contribution in [0.2, 0.25) is 0 Å². The van der Waals surface area contributed by atoms with Crippen LogP contribution in [0.5, 0.6) is 0 Å². The predicted molar refractivity (Wildman–Crippen MR) is 78.1 cm³/mol. The number of nitrogens with one attached hydrogen (secondary N) is 1. The molecular formula is C13H21N5O3. The fraction of sp³-hybridized carbons (Fsp3) is 0.692. The first kappa shape index (κ1) is 15.3. The Morgan fingerprint density at radius 2 is 2.00 bits per heavy atom. The minimum absolute atomic E-state index is 0.0251. The van der Waals surface area contributed by atoms with E-state index in [1.54, 1.807) is 20.9 Å². The van der Waals surface area contributed by atoms with Crippen molar-refractivity contribution >= 4 is 17.4 Å². The van der Waals surface area contributed by atoms with Crippen molar-refractivity contribution < 1.29 is 9.72 Å². The van der Waals surface area contributed by atoms with E-state index in [4.69, 9.17) is 0 Å². The molecule has 2 heterocycles. The average molecular weight is 295 g/mol. The van der Waals surface area contributed by atoms with E-state index in [-0.39, 0.29) is 17.4 Å². The second kappa shape index (κ2) is 6.11. The summed E-state index contributed by atoms with van der Waals surface area (Å²) in [6.45, 7) is 4.83. The van der Waals surface area contributed by atoms with Gasteiger partial charge in [0, 0.05) is 20.1 Å². The van der Waals surface area contributed by atoms with Crippen LogP contribution in [0.4, 0.5) is 11.5 Å². The Balaban J connectivity index is 2.14. The maximum Gasteiger partial charge on any atom is 0.333 e. The summed E-state index contributed by atoms with van der Waals surface area (Å²) in [5.74, 6) is 0.248. The number of carbonyl (C=O) groups is 1. The van der Waals surface area contributed by atoms with Crippen LogP contribution in [0.1, 0.15) is 31.9 Å². The molecule has 0 aromatic carbocycles. The van der Waals surface area contributed by atoms with Gasteiger partial charge in [-0.25, -0.2) is 4.68 Å². The molecule has 0 bridgehead atoms. The largest absolute Gasteiger partial charge is 0.353 e. The van der Waals surface area contributed by atoms with Crippen LogP contribution in [0.15, 0.2) is 0 Å². The van der Waals surface area contributed by atoms with Gasteiger partial charge in [-0.15, -0.1) is 0 Å². The number of nitrogens with zero attached hydrogens (tertiary/aromatic N) is 4. The molecule has 1 atom stereocenters. The maximum atomic E-state index is 12.4. The first-order chi connectivity index (χ1) is 9.91. The van der Waals surface area contributed by atoms with E-state index in [9.17, 15) is 14.9 Å². The molecule has 8 nitrogen and oxygen atoms in total. The van der Waals surface area contributed by atoms with E-state index in [2.05, 4.69) is 10.4 Å². The lowest BCUT2D eigenvalue weighted by molar-refractivity contribution is -0.384. The molecule has 1 N–H and O–H groups in total. The number of rotatable bonds is 4. The molecule has 0 spiro atoms. The van der Waals surface area contributed by atoms with E-state index in [1.165, 1.54) is 4.68 Å². The number of piperidine rings is 1. The van der Waals surface area contributed by atoms with Crippen molar-refractivity contribution in [2.24, 2.45) is 7.05 Å². The number of aromatic nitrogens is 2. The molecule has 0 radical (unpaired) electrons. The fourth-order valence-electron chi connectivity index (χ4n) is 2.68. The van der Waals surface area contributed by atoms with Crippen molar-refractivity contribution in [2.75, 3.05) is 18.4 Å². The van der Waals surface area contributed by atoms with E-state index in [0.29, 0.717) is 5.69 Å². The number of carbonyl (C=O) groups excluding carboxylic acids is 1. The van der Waals surface area contributed by atoms with Crippen LogP contribution in [0.3, 0.4) is 0 Å². The normalized spacial score (nSPS) is 16.6. The first-order valence-electron chi connectivity index (χ1n) is 7.15. The summed E-state index contributed by atoms with van der Waals surface area (Å²) in [7, 11) is 1.63. The molecule has 1 aliphatic rings. The number of aryl methyl sites for hydroxylation is 2. The van der Waals surface area contributed by atoms with Gasteiger partial charge in [0.25, 0.3) is 0 Å². The number of hydrogen-bond acceptors (Lipinski definition) is 5. The fourth-order valence-corrected chi connectivity index (χ4v) is 2.68. The molecule has 2 rings (SSSR count). The van der Waals surface area contributed by atoms with Crippen LogP contribution in [0, 0.1) is 17.0 Å². The predicted octanol–water partition coefficient (Wildman–Crippen LogP) is 1.45. The van der Waals surface area contributed by atoms with Crippen molar-refractivity contribution in [2.45, 2.75) is 39.2 Å². The van der Waals surface area contributed by atoms with Gasteiger partial charge in [0.15, 0.2) is 0 Å². The Hall–Kier alpha value is -2.12. The topological polar surface area (TPSA) is 93.3 Å². The van der Waals surface area contributed by atoms with Crippen LogP contribution < -0.4 is 5.32 Å². The molecule has 21 heavy (non-hydrogen) atoms. The van der Waals surface area contributed by atoms with Crippen molar-refractivity contribution in [3.05, 3.63) is 15.8 Å². The number of anilines is 1. The Kier molecular flexibility index (Phi) is 4.44. The maximum absolute atomic E-state index is 12.4. The Bertz CT molecular complexity index is 548. The highest BCUT2D eigenvalue weighted by Gasteiger charge is 2.28. The van der Waals surface area contributed by atoms with Gasteiger partial charge in [-0.2, -0.15) is 5.10 Å². The number of nitro groups is 1. The zero-order chi connectivity index (χ0) is 15.6. The Morgan fingerprint density at radius 1 is 1.38 bits per heavy atom. The molecule has 0 saturated carbocycles. The summed E-state index contributed by atoms with van der Waals surface area (Å²) in [5, 5.41) is 18.1. The van der Waals surface area contributed by atoms with E-state index >= 15 is 0 Å². The monoisotopic (exact) mass is 295 g/mol. The van der Waals surface area contributed by atoms with Gasteiger partial charge in [-0.1, -0.05) is 0 Å². The highest BCUT2D eigenvalue weighted by atomic mass is 16.6. The zero-order valence-corrected chi connectivity index (χ0v) is 12.6. The molecule has 1 amide bonds. The van der Waals surface area contributed by atoms with E-state index in [0.717, 1.165) is 32.4 Å². The highest BCUT2D eigenvalue weighted by molar-refractivity contribution is 5.85. The number of likely N-dealkylation sites (tertiary alicyclic amines) is 1. The molecule has 1 aromatic rings. The van der Waals surface area contributed by atoms with Crippen molar-refractivity contribution in [1.29, 1.82) is 0 Å². The highest BCUT2D eigenvalue weighted by Crippen LogP contribution is 2.28. The van der Waals surface area contributed by atoms with Gasteiger partial charge >= 0.3 is 5.69 Å². The van der Waals surface area contributed by atoms with Gasteiger partial charge in [0.2, 0.25) is 11.7 Å². The van der Waals surface area contributed by atoms with E-state index < -0.39 is 11.0 Å². The lowest BCUT2D eigenvalue weighted by Gasteiger charge is -2.29. The van der Waals surface area contributed by atoms with Crippen molar-refractivity contribution in [1.82, 2.24) is 14.7 Å². The molecule has 1 unspecified atom stereocenters. The van der Waals surface area contributed by atoms with Gasteiger partial charge in [0.1, 0.15) is 11.7 Å². The quantitative estimate of drug-likeness (QED) is 0.670. The van der Waals surface area contributed by atoms with Gasteiger partial charge in [-0.05, 0) is 33.1 Å². The Morgan fingerprint density at radius 3 is 2.57 bits per heavy atom. The number of hydrogen-bond donors (Lipinski definition) is 1.